The smallest absolute Gasteiger partial charge is 0.230 e. The van der Waals surface area contributed by atoms with Gasteiger partial charge in [0.2, 0.25) is 5.78 Å². The number of rotatable bonds is 2. The molecule has 3 aromatic rings. The zero-order chi connectivity index (χ0) is 13.4. The van der Waals surface area contributed by atoms with Crippen LogP contribution in [0.5, 0.6) is 0 Å². The summed E-state index contributed by atoms with van der Waals surface area (Å²) in [5.41, 5.74) is 2.23. The third-order valence-electron chi connectivity index (χ3n) is 3.00. The fraction of sp³-hybridized carbons (Fsp3) is 0.143. The molecular formula is C14H12N4O. The maximum atomic E-state index is 12.5. The van der Waals surface area contributed by atoms with Crippen LogP contribution in [0.25, 0.3) is 10.9 Å². The van der Waals surface area contributed by atoms with Gasteiger partial charge in [-0.3, -0.25) is 9.78 Å². The molecule has 0 bridgehead atoms. The molecule has 0 saturated heterocycles. The fourth-order valence-electron chi connectivity index (χ4n) is 2.12. The minimum Gasteiger partial charge on any atom is -0.285 e. The van der Waals surface area contributed by atoms with Crippen molar-refractivity contribution in [1.82, 2.24) is 19.7 Å². The van der Waals surface area contributed by atoms with E-state index in [1.165, 1.54) is 11.0 Å². The third kappa shape index (κ3) is 1.89. The zero-order valence-corrected chi connectivity index (χ0v) is 10.7. The average molecular weight is 252 g/mol. The van der Waals surface area contributed by atoms with E-state index in [0.717, 1.165) is 16.6 Å². The molecule has 0 unspecified atom stereocenters. The summed E-state index contributed by atoms with van der Waals surface area (Å²) in [5, 5.41) is 4.77. The van der Waals surface area contributed by atoms with Gasteiger partial charge in [0.1, 0.15) is 6.33 Å². The highest BCUT2D eigenvalue weighted by Gasteiger charge is 2.18. The van der Waals surface area contributed by atoms with E-state index in [-0.39, 0.29) is 5.78 Å². The largest absolute Gasteiger partial charge is 0.285 e. The molecule has 94 valence electrons. The van der Waals surface area contributed by atoms with Gasteiger partial charge in [0.25, 0.3) is 0 Å². The summed E-state index contributed by atoms with van der Waals surface area (Å²) < 4.78 is 1.48. The summed E-state index contributed by atoms with van der Waals surface area (Å²) in [7, 11) is 1.70. The van der Waals surface area contributed by atoms with Crippen LogP contribution in [-0.4, -0.2) is 25.5 Å². The number of hydrogen-bond donors (Lipinski definition) is 0. The Morgan fingerprint density at radius 2 is 2.05 bits per heavy atom. The van der Waals surface area contributed by atoms with Crippen molar-refractivity contribution in [2.75, 3.05) is 0 Å². The standard InChI is InChI=1S/C14H12N4O/c1-9-7-11(10-5-3-4-6-12(10)17-9)13(19)14-15-8-16-18(14)2/h3-8H,1-2H3. The number of carbonyl (C=O) groups excluding carboxylic acids is 1. The minimum atomic E-state index is -0.137. The Labute approximate surface area is 109 Å². The van der Waals surface area contributed by atoms with Crippen LogP contribution in [0.1, 0.15) is 21.9 Å². The lowest BCUT2D eigenvalue weighted by Crippen LogP contribution is -2.11. The lowest BCUT2D eigenvalue weighted by Gasteiger charge is -2.06. The summed E-state index contributed by atoms with van der Waals surface area (Å²) >= 11 is 0. The van der Waals surface area contributed by atoms with Crippen LogP contribution in [-0.2, 0) is 7.05 Å². The first kappa shape index (κ1) is 11.5. The first-order valence-corrected chi connectivity index (χ1v) is 5.92. The van der Waals surface area contributed by atoms with Crippen molar-refractivity contribution in [3.63, 3.8) is 0 Å². The van der Waals surface area contributed by atoms with Crippen molar-refractivity contribution in [1.29, 1.82) is 0 Å². The molecule has 1 aromatic carbocycles. The van der Waals surface area contributed by atoms with E-state index in [2.05, 4.69) is 15.1 Å². The summed E-state index contributed by atoms with van der Waals surface area (Å²) in [6.07, 6.45) is 1.38. The highest BCUT2D eigenvalue weighted by molar-refractivity contribution is 6.14. The number of aromatic nitrogens is 4. The van der Waals surface area contributed by atoms with Crippen molar-refractivity contribution in [2.45, 2.75) is 6.92 Å². The molecule has 0 atom stereocenters. The van der Waals surface area contributed by atoms with Crippen molar-refractivity contribution < 1.29 is 4.79 Å². The molecule has 2 heterocycles. The molecule has 0 aliphatic rings. The van der Waals surface area contributed by atoms with Crippen LogP contribution in [0.15, 0.2) is 36.7 Å². The second kappa shape index (κ2) is 4.28. The Morgan fingerprint density at radius 3 is 2.79 bits per heavy atom. The second-order valence-electron chi connectivity index (χ2n) is 4.36. The third-order valence-corrected chi connectivity index (χ3v) is 3.00. The highest BCUT2D eigenvalue weighted by Crippen LogP contribution is 2.20. The van der Waals surface area contributed by atoms with Crippen LogP contribution in [0.2, 0.25) is 0 Å². The van der Waals surface area contributed by atoms with Gasteiger partial charge >= 0.3 is 0 Å². The Kier molecular flexibility index (Phi) is 2.59. The molecule has 2 aromatic heterocycles. The molecule has 0 aliphatic heterocycles. The van der Waals surface area contributed by atoms with E-state index in [1.807, 2.05) is 31.2 Å². The van der Waals surface area contributed by atoms with E-state index < -0.39 is 0 Å². The van der Waals surface area contributed by atoms with Gasteiger partial charge in [-0.05, 0) is 19.1 Å². The highest BCUT2D eigenvalue weighted by atomic mass is 16.1. The lowest BCUT2D eigenvalue weighted by molar-refractivity contribution is 0.102. The van der Waals surface area contributed by atoms with E-state index in [9.17, 15) is 4.79 Å². The number of pyridine rings is 1. The van der Waals surface area contributed by atoms with Gasteiger partial charge in [0.05, 0.1) is 5.52 Å². The van der Waals surface area contributed by atoms with Gasteiger partial charge < -0.3 is 0 Å². The van der Waals surface area contributed by atoms with Crippen LogP contribution >= 0.6 is 0 Å². The van der Waals surface area contributed by atoms with Gasteiger partial charge in [-0.25, -0.2) is 9.67 Å². The molecule has 5 heteroatoms. The summed E-state index contributed by atoms with van der Waals surface area (Å²) in [6.45, 7) is 1.87. The van der Waals surface area contributed by atoms with Gasteiger partial charge in [-0.2, -0.15) is 5.10 Å². The number of hydrogen-bond acceptors (Lipinski definition) is 4. The minimum absolute atomic E-state index is 0.137. The molecule has 0 fully saturated rings. The number of carbonyl (C=O) groups is 1. The molecule has 19 heavy (non-hydrogen) atoms. The Morgan fingerprint density at radius 1 is 1.26 bits per heavy atom. The molecule has 5 nitrogen and oxygen atoms in total. The second-order valence-corrected chi connectivity index (χ2v) is 4.36. The zero-order valence-electron chi connectivity index (χ0n) is 10.7. The monoisotopic (exact) mass is 252 g/mol. The summed E-state index contributed by atoms with van der Waals surface area (Å²) in [4.78, 5) is 21.0. The van der Waals surface area contributed by atoms with Crippen molar-refractivity contribution >= 4 is 16.7 Å². The summed E-state index contributed by atoms with van der Waals surface area (Å²) in [5.74, 6) is 0.192. The molecule has 0 amide bonds. The number of ketones is 1. The molecule has 3 rings (SSSR count). The Bertz CT molecular complexity index is 776. The Balaban J connectivity index is 2.25. The number of para-hydroxylation sites is 1. The predicted octanol–water partition coefficient (Wildman–Crippen LogP) is 1.90. The normalized spacial score (nSPS) is 10.8. The van der Waals surface area contributed by atoms with Crippen molar-refractivity contribution in [3.8, 4) is 0 Å². The van der Waals surface area contributed by atoms with Gasteiger partial charge in [0.15, 0.2) is 5.82 Å². The number of benzene rings is 1. The van der Waals surface area contributed by atoms with Gasteiger partial charge in [0, 0.05) is 23.7 Å². The first-order valence-electron chi connectivity index (χ1n) is 5.92. The van der Waals surface area contributed by atoms with Gasteiger partial charge in [-0.1, -0.05) is 18.2 Å². The van der Waals surface area contributed by atoms with Gasteiger partial charge in [-0.15, -0.1) is 0 Å². The van der Waals surface area contributed by atoms with Crippen LogP contribution < -0.4 is 0 Å². The molecule has 0 aliphatic carbocycles. The predicted molar refractivity (Wildman–Crippen MR) is 70.9 cm³/mol. The quantitative estimate of drug-likeness (QED) is 0.653. The van der Waals surface area contributed by atoms with E-state index in [0.29, 0.717) is 11.4 Å². The lowest BCUT2D eigenvalue weighted by atomic mass is 10.0. The van der Waals surface area contributed by atoms with E-state index in [4.69, 9.17) is 0 Å². The number of fused-ring (bicyclic) bond motifs is 1. The van der Waals surface area contributed by atoms with Crippen molar-refractivity contribution in [2.24, 2.45) is 7.05 Å². The van der Waals surface area contributed by atoms with Crippen LogP contribution in [0.3, 0.4) is 0 Å². The van der Waals surface area contributed by atoms with E-state index in [1.54, 1.807) is 13.1 Å². The number of nitrogens with zero attached hydrogens (tertiary/aromatic N) is 4. The van der Waals surface area contributed by atoms with Crippen molar-refractivity contribution in [3.05, 3.63) is 53.7 Å². The SMILES string of the molecule is Cc1cc(C(=O)c2ncnn2C)c2ccccc2n1. The maximum Gasteiger partial charge on any atom is 0.230 e. The summed E-state index contributed by atoms with van der Waals surface area (Å²) in [6, 6.07) is 9.39. The molecule has 0 radical (unpaired) electrons. The van der Waals surface area contributed by atoms with Crippen LogP contribution in [0.4, 0.5) is 0 Å². The van der Waals surface area contributed by atoms with Crippen LogP contribution in [0, 0.1) is 6.92 Å². The first-order chi connectivity index (χ1) is 9.16. The fourth-order valence-corrected chi connectivity index (χ4v) is 2.12. The molecule has 0 spiro atoms. The average Bonchev–Trinajstić information content (AvgIpc) is 2.83. The molecule has 0 saturated carbocycles. The number of aryl methyl sites for hydroxylation is 2. The van der Waals surface area contributed by atoms with E-state index >= 15 is 0 Å². The molecular weight excluding hydrogens is 240 g/mol. The molecule has 0 N–H and O–H groups in total. The maximum absolute atomic E-state index is 12.5. The topological polar surface area (TPSA) is 60.7 Å². The Hall–Kier alpha value is -2.56.